The summed E-state index contributed by atoms with van der Waals surface area (Å²) in [5.41, 5.74) is 9.95. The average Bonchev–Trinajstić information content (AvgIpc) is 2.67. The molecule has 2 unspecified atom stereocenters. The number of primary amides is 1. The van der Waals surface area contributed by atoms with Gasteiger partial charge in [-0.05, 0) is 25.0 Å². The minimum atomic E-state index is -1.07. The van der Waals surface area contributed by atoms with Crippen molar-refractivity contribution in [3.05, 3.63) is 29.8 Å². The summed E-state index contributed by atoms with van der Waals surface area (Å²) in [6.07, 6.45) is 0.948. The van der Waals surface area contributed by atoms with Gasteiger partial charge in [0.15, 0.2) is 11.6 Å². The van der Waals surface area contributed by atoms with E-state index in [9.17, 15) is 13.6 Å². The lowest BCUT2D eigenvalue weighted by Crippen LogP contribution is -2.50. The molecule has 6 heteroatoms. The zero-order chi connectivity index (χ0) is 13.3. The third-order valence-electron chi connectivity index (χ3n) is 3.19. The van der Waals surface area contributed by atoms with Crippen molar-refractivity contribution in [2.45, 2.75) is 30.9 Å². The van der Waals surface area contributed by atoms with E-state index in [0.717, 1.165) is 12.1 Å². The smallest absolute Gasteiger partial charge is 0.237 e. The third kappa shape index (κ3) is 2.43. The zero-order valence-corrected chi connectivity index (χ0v) is 9.66. The largest absolute Gasteiger partial charge is 0.490 e. The highest BCUT2D eigenvalue weighted by molar-refractivity contribution is 5.84. The molecule has 2 rings (SSSR count). The Hall–Kier alpha value is -1.69. The summed E-state index contributed by atoms with van der Waals surface area (Å²) in [7, 11) is 0. The summed E-state index contributed by atoms with van der Waals surface area (Å²) < 4.78 is 31.2. The molecule has 1 fully saturated rings. The molecule has 1 aromatic rings. The van der Waals surface area contributed by atoms with E-state index >= 15 is 0 Å². The molecule has 98 valence electrons. The van der Waals surface area contributed by atoms with Gasteiger partial charge < -0.3 is 16.2 Å². The first-order chi connectivity index (χ1) is 8.40. The van der Waals surface area contributed by atoms with E-state index in [1.54, 1.807) is 0 Å². The highest BCUT2D eigenvalue weighted by Crippen LogP contribution is 2.31. The van der Waals surface area contributed by atoms with Crippen LogP contribution in [0.4, 0.5) is 8.78 Å². The minimum absolute atomic E-state index is 0.215. The fourth-order valence-corrected chi connectivity index (χ4v) is 2.10. The van der Waals surface area contributed by atoms with Gasteiger partial charge >= 0.3 is 0 Å². The van der Waals surface area contributed by atoms with Crippen molar-refractivity contribution in [2.24, 2.45) is 11.5 Å². The van der Waals surface area contributed by atoms with Crippen molar-refractivity contribution in [1.82, 2.24) is 0 Å². The van der Waals surface area contributed by atoms with Crippen LogP contribution in [0.25, 0.3) is 0 Å². The van der Waals surface area contributed by atoms with Gasteiger partial charge in [0.1, 0.15) is 11.9 Å². The van der Waals surface area contributed by atoms with Crippen LogP contribution in [0, 0.1) is 11.6 Å². The standard InChI is InChI=1S/C12H14F2N2O2/c13-9-2-1-7(5-10(9)14)18-8-3-4-12(16,6-8)11(15)17/h1-2,5,8H,3-4,6,16H2,(H2,15,17). The van der Waals surface area contributed by atoms with Crippen LogP contribution in [-0.4, -0.2) is 17.6 Å². The number of nitrogens with two attached hydrogens (primary N) is 2. The number of hydrogen-bond donors (Lipinski definition) is 2. The van der Waals surface area contributed by atoms with Crippen molar-refractivity contribution in [2.75, 3.05) is 0 Å². The van der Waals surface area contributed by atoms with Crippen LogP contribution in [0.2, 0.25) is 0 Å². The number of ether oxygens (including phenoxy) is 1. The van der Waals surface area contributed by atoms with E-state index in [-0.39, 0.29) is 18.3 Å². The molecule has 0 spiro atoms. The quantitative estimate of drug-likeness (QED) is 0.849. The molecule has 1 aromatic carbocycles. The van der Waals surface area contributed by atoms with Crippen molar-refractivity contribution >= 4 is 5.91 Å². The van der Waals surface area contributed by atoms with Crippen LogP contribution < -0.4 is 16.2 Å². The maximum atomic E-state index is 13.0. The van der Waals surface area contributed by atoms with Crippen LogP contribution in [0.3, 0.4) is 0 Å². The molecule has 1 aliphatic carbocycles. The summed E-state index contributed by atoms with van der Waals surface area (Å²) >= 11 is 0. The summed E-state index contributed by atoms with van der Waals surface area (Å²) in [6.45, 7) is 0. The minimum Gasteiger partial charge on any atom is -0.490 e. The molecule has 4 nitrogen and oxygen atoms in total. The van der Waals surface area contributed by atoms with Gasteiger partial charge in [-0.15, -0.1) is 0 Å². The predicted molar refractivity (Wildman–Crippen MR) is 60.7 cm³/mol. The van der Waals surface area contributed by atoms with E-state index in [1.165, 1.54) is 6.07 Å². The van der Waals surface area contributed by atoms with Gasteiger partial charge in [0.2, 0.25) is 5.91 Å². The number of benzene rings is 1. The lowest BCUT2D eigenvalue weighted by molar-refractivity contribution is -0.123. The van der Waals surface area contributed by atoms with Gasteiger partial charge in [-0.2, -0.15) is 0 Å². The van der Waals surface area contributed by atoms with Crippen LogP contribution in [-0.2, 0) is 4.79 Å². The Balaban J connectivity index is 2.03. The molecule has 1 aliphatic rings. The molecule has 0 aliphatic heterocycles. The molecule has 1 saturated carbocycles. The Bertz CT molecular complexity index is 481. The second-order valence-corrected chi connectivity index (χ2v) is 4.58. The molecule has 1 amide bonds. The molecule has 0 aromatic heterocycles. The van der Waals surface area contributed by atoms with E-state index in [4.69, 9.17) is 16.2 Å². The Labute approximate surface area is 103 Å². The SMILES string of the molecule is NC(=O)C1(N)CCC(Oc2ccc(F)c(F)c2)C1. The number of amides is 1. The van der Waals surface area contributed by atoms with Gasteiger partial charge in [0.05, 0.1) is 5.54 Å². The fraction of sp³-hybridized carbons (Fsp3) is 0.417. The molecule has 18 heavy (non-hydrogen) atoms. The molecule has 0 saturated heterocycles. The van der Waals surface area contributed by atoms with E-state index in [2.05, 4.69) is 0 Å². The number of rotatable bonds is 3. The molecule has 0 bridgehead atoms. The maximum Gasteiger partial charge on any atom is 0.237 e. The summed E-state index contributed by atoms with van der Waals surface area (Å²) in [6, 6.07) is 3.29. The molecule has 0 heterocycles. The van der Waals surface area contributed by atoms with Crippen LogP contribution in [0.15, 0.2) is 18.2 Å². The first kappa shape index (κ1) is 12.8. The van der Waals surface area contributed by atoms with Crippen LogP contribution in [0.1, 0.15) is 19.3 Å². The third-order valence-corrected chi connectivity index (χ3v) is 3.19. The second kappa shape index (κ2) is 4.53. The predicted octanol–water partition coefficient (Wildman–Crippen LogP) is 1.08. The number of carbonyl (C=O) groups excluding carboxylic acids is 1. The van der Waals surface area contributed by atoms with Gasteiger partial charge in [0.25, 0.3) is 0 Å². The lowest BCUT2D eigenvalue weighted by Gasteiger charge is -2.19. The first-order valence-electron chi connectivity index (χ1n) is 5.61. The number of hydrogen-bond acceptors (Lipinski definition) is 3. The molecule has 2 atom stereocenters. The normalized spacial score (nSPS) is 27.2. The summed E-state index contributed by atoms with van der Waals surface area (Å²) in [5, 5.41) is 0. The Morgan fingerprint density at radius 3 is 2.67 bits per heavy atom. The molecular formula is C12H14F2N2O2. The molecule has 4 N–H and O–H groups in total. The maximum absolute atomic E-state index is 13.0. The average molecular weight is 256 g/mol. The lowest BCUT2D eigenvalue weighted by atomic mass is 9.99. The highest BCUT2D eigenvalue weighted by atomic mass is 19.2. The topological polar surface area (TPSA) is 78.3 Å². The Morgan fingerprint density at radius 2 is 2.11 bits per heavy atom. The first-order valence-corrected chi connectivity index (χ1v) is 5.61. The van der Waals surface area contributed by atoms with Crippen molar-refractivity contribution in [3.8, 4) is 5.75 Å². The van der Waals surface area contributed by atoms with Gasteiger partial charge in [-0.3, -0.25) is 4.79 Å². The van der Waals surface area contributed by atoms with Crippen molar-refractivity contribution in [1.29, 1.82) is 0 Å². The zero-order valence-electron chi connectivity index (χ0n) is 9.66. The van der Waals surface area contributed by atoms with Gasteiger partial charge in [-0.25, -0.2) is 8.78 Å². The van der Waals surface area contributed by atoms with E-state index in [1.807, 2.05) is 0 Å². The fourth-order valence-electron chi connectivity index (χ4n) is 2.10. The van der Waals surface area contributed by atoms with Crippen molar-refractivity contribution < 1.29 is 18.3 Å². The second-order valence-electron chi connectivity index (χ2n) is 4.58. The number of halogens is 2. The van der Waals surface area contributed by atoms with Gasteiger partial charge in [-0.1, -0.05) is 0 Å². The Morgan fingerprint density at radius 1 is 1.39 bits per heavy atom. The summed E-state index contributed by atoms with van der Waals surface area (Å²) in [5.74, 6) is -2.26. The summed E-state index contributed by atoms with van der Waals surface area (Å²) in [4.78, 5) is 11.2. The van der Waals surface area contributed by atoms with Crippen LogP contribution in [0.5, 0.6) is 5.75 Å². The van der Waals surface area contributed by atoms with E-state index < -0.39 is 23.1 Å². The Kier molecular flexibility index (Phi) is 3.21. The van der Waals surface area contributed by atoms with Crippen LogP contribution >= 0.6 is 0 Å². The number of carbonyl (C=O) groups is 1. The highest BCUT2D eigenvalue weighted by Gasteiger charge is 2.41. The monoisotopic (exact) mass is 256 g/mol. The molecule has 0 radical (unpaired) electrons. The van der Waals surface area contributed by atoms with Crippen molar-refractivity contribution in [3.63, 3.8) is 0 Å². The van der Waals surface area contributed by atoms with E-state index in [0.29, 0.717) is 12.8 Å². The van der Waals surface area contributed by atoms with Gasteiger partial charge in [0, 0.05) is 12.5 Å². The molecular weight excluding hydrogens is 242 g/mol.